The SMILES string of the molecule is CSCC[C@H](NC(=O)c1sc(SC(C)C)c(C#N)c1-c1cc(O)c(O)c(O)c1)C(=O)O. The van der Waals surface area contributed by atoms with Gasteiger partial charge in [0.2, 0.25) is 0 Å². The van der Waals surface area contributed by atoms with E-state index in [0.29, 0.717) is 9.96 Å². The van der Waals surface area contributed by atoms with Crippen molar-refractivity contribution in [3.05, 3.63) is 22.6 Å². The monoisotopic (exact) mass is 482 g/mol. The lowest BCUT2D eigenvalue weighted by molar-refractivity contribution is -0.139. The number of benzene rings is 1. The first-order valence-electron chi connectivity index (χ1n) is 9.12. The zero-order valence-corrected chi connectivity index (χ0v) is 19.5. The maximum atomic E-state index is 13.1. The van der Waals surface area contributed by atoms with E-state index >= 15 is 0 Å². The number of carboxylic acids is 1. The van der Waals surface area contributed by atoms with Crippen LogP contribution in [0.25, 0.3) is 11.1 Å². The van der Waals surface area contributed by atoms with Gasteiger partial charge in [-0.05, 0) is 36.1 Å². The highest BCUT2D eigenvalue weighted by Gasteiger charge is 2.29. The van der Waals surface area contributed by atoms with Crippen molar-refractivity contribution in [3.63, 3.8) is 0 Å². The Labute approximate surface area is 191 Å². The molecule has 0 aliphatic heterocycles. The van der Waals surface area contributed by atoms with Gasteiger partial charge >= 0.3 is 5.97 Å². The lowest BCUT2D eigenvalue weighted by atomic mass is 10.0. The van der Waals surface area contributed by atoms with E-state index < -0.39 is 35.2 Å². The lowest BCUT2D eigenvalue weighted by Gasteiger charge is -2.14. The van der Waals surface area contributed by atoms with Gasteiger partial charge in [-0.2, -0.15) is 17.0 Å². The van der Waals surface area contributed by atoms with Gasteiger partial charge in [-0.15, -0.1) is 23.1 Å². The van der Waals surface area contributed by atoms with Crippen LogP contribution in [0.5, 0.6) is 17.2 Å². The summed E-state index contributed by atoms with van der Waals surface area (Å²) in [5.74, 6) is -3.25. The molecule has 11 heteroatoms. The summed E-state index contributed by atoms with van der Waals surface area (Å²) in [6.45, 7) is 3.85. The Morgan fingerprint density at radius 3 is 2.32 bits per heavy atom. The molecule has 8 nitrogen and oxygen atoms in total. The third-order valence-corrected chi connectivity index (χ3v) is 7.16. The van der Waals surface area contributed by atoms with Gasteiger partial charge in [0.1, 0.15) is 17.0 Å². The normalized spacial score (nSPS) is 11.8. The first-order valence-corrected chi connectivity index (χ1v) is 12.2. The molecule has 1 amide bonds. The zero-order chi connectivity index (χ0) is 23.3. The second kappa shape index (κ2) is 10.7. The van der Waals surface area contributed by atoms with Crippen LogP contribution in [0.2, 0.25) is 0 Å². The third-order valence-electron chi connectivity index (χ3n) is 4.11. The molecule has 0 radical (unpaired) electrons. The minimum absolute atomic E-state index is 0.0830. The maximum Gasteiger partial charge on any atom is 0.326 e. The topological polar surface area (TPSA) is 151 Å². The van der Waals surface area contributed by atoms with Gasteiger partial charge in [-0.3, -0.25) is 4.79 Å². The second-order valence-electron chi connectivity index (χ2n) is 6.76. The van der Waals surface area contributed by atoms with Gasteiger partial charge < -0.3 is 25.7 Å². The number of phenolic OH excluding ortho intramolecular Hbond substituents is 3. The number of carbonyl (C=O) groups is 2. The molecule has 0 aliphatic rings. The summed E-state index contributed by atoms with van der Waals surface area (Å²) in [5, 5.41) is 51.3. The molecule has 5 N–H and O–H groups in total. The number of aliphatic carboxylic acids is 1. The van der Waals surface area contributed by atoms with Gasteiger partial charge in [-0.25, -0.2) is 4.79 Å². The van der Waals surface area contributed by atoms with Crippen molar-refractivity contribution in [2.24, 2.45) is 0 Å². The molecule has 2 aromatic rings. The van der Waals surface area contributed by atoms with E-state index in [-0.39, 0.29) is 33.2 Å². The average Bonchev–Trinajstić information content (AvgIpc) is 3.06. The summed E-state index contributed by atoms with van der Waals surface area (Å²) in [4.78, 5) is 24.7. The number of thioether (sulfide) groups is 2. The molecule has 0 saturated carbocycles. The molecule has 166 valence electrons. The summed E-state index contributed by atoms with van der Waals surface area (Å²) in [6.07, 6.45) is 2.05. The van der Waals surface area contributed by atoms with Crippen LogP contribution in [0.3, 0.4) is 0 Å². The van der Waals surface area contributed by atoms with E-state index in [2.05, 4.69) is 11.4 Å². The van der Waals surface area contributed by atoms with E-state index in [0.717, 1.165) is 23.5 Å². The summed E-state index contributed by atoms with van der Waals surface area (Å²) < 4.78 is 0.556. The molecule has 0 unspecified atom stereocenters. The van der Waals surface area contributed by atoms with Crippen LogP contribution in [0.1, 0.15) is 35.5 Å². The average molecular weight is 483 g/mol. The Morgan fingerprint density at radius 1 is 1.23 bits per heavy atom. The van der Waals surface area contributed by atoms with Gasteiger partial charge in [0.15, 0.2) is 17.2 Å². The number of amides is 1. The fraction of sp³-hybridized carbons (Fsp3) is 0.350. The number of nitrogens with one attached hydrogen (secondary N) is 1. The number of hydrogen-bond donors (Lipinski definition) is 5. The molecule has 0 spiro atoms. The smallest absolute Gasteiger partial charge is 0.326 e. The van der Waals surface area contributed by atoms with Crippen LogP contribution in [0.4, 0.5) is 0 Å². The standard InChI is InChI=1S/C20H22N2O6S3/c1-9(2)30-20-11(8-21)15(10-6-13(23)16(25)14(24)7-10)17(31-20)18(26)22-12(19(27)28)4-5-29-3/h6-7,9,12,23-25H,4-5H2,1-3H3,(H,22,26)(H,27,28)/t12-/m0/s1. The summed E-state index contributed by atoms with van der Waals surface area (Å²) in [6, 6.07) is 3.24. The lowest BCUT2D eigenvalue weighted by Crippen LogP contribution is -2.41. The molecule has 1 heterocycles. The Hall–Kier alpha value is -2.55. The molecule has 1 aromatic carbocycles. The fourth-order valence-corrected chi connectivity index (χ4v) is 5.80. The Balaban J connectivity index is 2.63. The number of aromatic hydroxyl groups is 3. The van der Waals surface area contributed by atoms with E-state index in [1.54, 1.807) is 0 Å². The molecule has 1 aromatic heterocycles. The summed E-state index contributed by atoms with van der Waals surface area (Å²) in [7, 11) is 0. The molecule has 31 heavy (non-hydrogen) atoms. The number of thiophene rings is 1. The number of carbonyl (C=O) groups excluding carboxylic acids is 1. The number of carboxylic acid groups (broad SMARTS) is 1. The number of phenols is 3. The van der Waals surface area contributed by atoms with Crippen molar-refractivity contribution in [1.29, 1.82) is 5.26 Å². The third kappa shape index (κ3) is 5.78. The van der Waals surface area contributed by atoms with Crippen molar-refractivity contribution < 1.29 is 30.0 Å². The predicted octanol–water partition coefficient (Wildman–Crippen LogP) is 3.84. The summed E-state index contributed by atoms with van der Waals surface area (Å²) >= 11 is 3.86. The fourth-order valence-electron chi connectivity index (χ4n) is 2.71. The highest BCUT2D eigenvalue weighted by molar-refractivity contribution is 8.01. The van der Waals surface area contributed by atoms with Crippen LogP contribution in [-0.4, -0.2) is 55.6 Å². The molecular weight excluding hydrogens is 460 g/mol. The maximum absolute atomic E-state index is 13.1. The minimum atomic E-state index is -1.17. The van der Waals surface area contributed by atoms with Gasteiger partial charge in [0, 0.05) is 10.8 Å². The molecular formula is C20H22N2O6S3. The molecule has 0 bridgehead atoms. The van der Waals surface area contributed by atoms with Gasteiger partial charge in [-0.1, -0.05) is 13.8 Å². The minimum Gasteiger partial charge on any atom is -0.504 e. The zero-order valence-electron chi connectivity index (χ0n) is 17.0. The predicted molar refractivity (Wildman–Crippen MR) is 122 cm³/mol. The van der Waals surface area contributed by atoms with Crippen molar-refractivity contribution in [3.8, 4) is 34.4 Å². The first-order chi connectivity index (χ1) is 14.6. The van der Waals surface area contributed by atoms with Crippen molar-refractivity contribution in [2.45, 2.75) is 35.8 Å². The number of nitrogens with zero attached hydrogens (tertiary/aromatic N) is 1. The highest BCUT2D eigenvalue weighted by atomic mass is 32.2. The largest absolute Gasteiger partial charge is 0.504 e. The number of hydrogen-bond acceptors (Lipinski definition) is 9. The molecule has 2 rings (SSSR count). The molecule has 0 fully saturated rings. The van der Waals surface area contributed by atoms with E-state index in [1.807, 2.05) is 20.1 Å². The Morgan fingerprint density at radius 2 is 1.84 bits per heavy atom. The molecule has 0 aliphatic carbocycles. The van der Waals surface area contributed by atoms with Crippen LogP contribution < -0.4 is 5.32 Å². The van der Waals surface area contributed by atoms with E-state index in [9.17, 15) is 35.3 Å². The second-order valence-corrected chi connectivity index (χ2v) is 10.6. The quantitative estimate of drug-likeness (QED) is 0.265. The van der Waals surface area contributed by atoms with Gasteiger partial charge in [0.25, 0.3) is 5.91 Å². The Bertz CT molecular complexity index is 1010. The Kier molecular flexibility index (Phi) is 8.50. The van der Waals surface area contributed by atoms with Crippen LogP contribution in [0.15, 0.2) is 16.3 Å². The van der Waals surface area contributed by atoms with E-state index in [4.69, 9.17) is 0 Å². The number of rotatable bonds is 9. The summed E-state index contributed by atoms with van der Waals surface area (Å²) in [5.41, 5.74) is 0.486. The number of nitriles is 1. The van der Waals surface area contributed by atoms with Crippen LogP contribution in [-0.2, 0) is 4.79 Å². The van der Waals surface area contributed by atoms with Crippen molar-refractivity contribution >= 4 is 46.7 Å². The van der Waals surface area contributed by atoms with Gasteiger partial charge in [0.05, 0.1) is 9.77 Å². The van der Waals surface area contributed by atoms with Crippen LogP contribution >= 0.6 is 34.9 Å². The first kappa shape index (κ1) is 24.7. The van der Waals surface area contributed by atoms with Crippen molar-refractivity contribution in [2.75, 3.05) is 12.0 Å². The highest BCUT2D eigenvalue weighted by Crippen LogP contribution is 2.46. The van der Waals surface area contributed by atoms with Crippen molar-refractivity contribution in [1.82, 2.24) is 5.32 Å². The van der Waals surface area contributed by atoms with Crippen LogP contribution in [0, 0.1) is 11.3 Å². The molecule has 1 atom stereocenters. The van der Waals surface area contributed by atoms with E-state index in [1.165, 1.54) is 23.5 Å². The molecule has 0 saturated heterocycles.